The Kier molecular flexibility index (Phi) is 3.25. The van der Waals surface area contributed by atoms with Gasteiger partial charge in [0.05, 0.1) is 0 Å². The maximum absolute atomic E-state index is 11.8. The van der Waals surface area contributed by atoms with E-state index in [2.05, 4.69) is 10.3 Å². The van der Waals surface area contributed by atoms with Gasteiger partial charge in [-0.15, -0.1) is 0 Å². The van der Waals surface area contributed by atoms with E-state index in [1.54, 1.807) is 7.11 Å². The summed E-state index contributed by atoms with van der Waals surface area (Å²) < 4.78 is 5.74. The zero-order chi connectivity index (χ0) is 12.5. The van der Waals surface area contributed by atoms with Gasteiger partial charge in [0.25, 0.3) is 5.91 Å². The van der Waals surface area contributed by atoms with Crippen LogP contribution in [0.4, 0.5) is 0 Å². The standard InChI is InChI=1S/C13H22N2O2/c1-12(2)11(16)14-10(15-12)13(17-3)8-6-4-5-7-9-13/h4-9H2,1-3H3,(H,14,15,16). The highest BCUT2D eigenvalue weighted by molar-refractivity contribution is 6.11. The molecule has 17 heavy (non-hydrogen) atoms. The van der Waals surface area contributed by atoms with Crippen LogP contribution in [0, 0.1) is 0 Å². The molecule has 96 valence electrons. The Balaban J connectivity index is 2.26. The SMILES string of the molecule is COC1(C2=NC(C)(C)C(=O)N2)CCCCCC1. The summed E-state index contributed by atoms with van der Waals surface area (Å²) in [5, 5.41) is 2.92. The highest BCUT2D eigenvalue weighted by atomic mass is 16.5. The Morgan fingerprint density at radius 1 is 1.18 bits per heavy atom. The predicted octanol–water partition coefficient (Wildman–Crippen LogP) is 2.03. The van der Waals surface area contributed by atoms with Crippen LogP contribution in [0.3, 0.4) is 0 Å². The molecule has 4 nitrogen and oxygen atoms in total. The number of methoxy groups -OCH3 is 1. The average molecular weight is 238 g/mol. The number of hydrogen-bond acceptors (Lipinski definition) is 3. The van der Waals surface area contributed by atoms with Gasteiger partial charge in [0.2, 0.25) is 0 Å². The molecule has 4 heteroatoms. The van der Waals surface area contributed by atoms with Gasteiger partial charge in [-0.2, -0.15) is 0 Å². The number of nitrogens with zero attached hydrogens (tertiary/aromatic N) is 1. The van der Waals surface area contributed by atoms with E-state index >= 15 is 0 Å². The average Bonchev–Trinajstić information content (AvgIpc) is 2.50. The number of amides is 1. The van der Waals surface area contributed by atoms with Gasteiger partial charge >= 0.3 is 0 Å². The molecule has 1 fully saturated rings. The topological polar surface area (TPSA) is 50.7 Å². The van der Waals surface area contributed by atoms with E-state index in [0.29, 0.717) is 0 Å². The first-order valence-corrected chi connectivity index (χ1v) is 6.47. The van der Waals surface area contributed by atoms with Crippen molar-refractivity contribution >= 4 is 11.7 Å². The van der Waals surface area contributed by atoms with Crippen LogP contribution in [0.25, 0.3) is 0 Å². The molecule has 0 spiro atoms. The lowest BCUT2D eigenvalue weighted by molar-refractivity contribution is -0.122. The second kappa shape index (κ2) is 4.41. The second-order valence-corrected chi connectivity index (χ2v) is 5.59. The van der Waals surface area contributed by atoms with Crippen molar-refractivity contribution in [3.8, 4) is 0 Å². The molecule has 2 rings (SSSR count). The molecule has 0 bridgehead atoms. The molecule has 1 N–H and O–H groups in total. The third-order valence-electron chi connectivity index (χ3n) is 3.91. The van der Waals surface area contributed by atoms with Crippen molar-refractivity contribution in [2.24, 2.45) is 4.99 Å². The van der Waals surface area contributed by atoms with Crippen molar-refractivity contribution < 1.29 is 9.53 Å². The van der Waals surface area contributed by atoms with Crippen molar-refractivity contribution in [1.29, 1.82) is 0 Å². The van der Waals surface area contributed by atoms with Gasteiger partial charge in [0, 0.05) is 7.11 Å². The van der Waals surface area contributed by atoms with Crippen molar-refractivity contribution in [3.63, 3.8) is 0 Å². The van der Waals surface area contributed by atoms with E-state index in [-0.39, 0.29) is 11.5 Å². The lowest BCUT2D eigenvalue weighted by Crippen LogP contribution is -2.47. The molecule has 1 heterocycles. The van der Waals surface area contributed by atoms with Crippen molar-refractivity contribution in [2.45, 2.75) is 63.5 Å². The fraction of sp³-hybridized carbons (Fsp3) is 0.846. The number of nitrogens with one attached hydrogen (secondary N) is 1. The number of rotatable bonds is 2. The number of hydrogen-bond donors (Lipinski definition) is 1. The largest absolute Gasteiger partial charge is 0.370 e. The molecular weight excluding hydrogens is 216 g/mol. The monoisotopic (exact) mass is 238 g/mol. The minimum absolute atomic E-state index is 0.0202. The Bertz CT molecular complexity index is 339. The predicted molar refractivity (Wildman–Crippen MR) is 67.1 cm³/mol. The van der Waals surface area contributed by atoms with Gasteiger partial charge in [-0.1, -0.05) is 25.7 Å². The van der Waals surface area contributed by atoms with E-state index in [9.17, 15) is 4.79 Å². The maximum Gasteiger partial charge on any atom is 0.252 e. The summed E-state index contributed by atoms with van der Waals surface area (Å²) in [5.41, 5.74) is -1.01. The van der Waals surface area contributed by atoms with Gasteiger partial charge in [0.1, 0.15) is 17.0 Å². The molecule has 1 saturated carbocycles. The van der Waals surface area contributed by atoms with Crippen LogP contribution in [0.2, 0.25) is 0 Å². The van der Waals surface area contributed by atoms with E-state index in [1.807, 2.05) is 13.8 Å². The Morgan fingerprint density at radius 3 is 2.18 bits per heavy atom. The molecule has 0 aromatic heterocycles. The molecule has 0 aromatic rings. The zero-order valence-corrected chi connectivity index (χ0v) is 11.0. The highest BCUT2D eigenvalue weighted by Gasteiger charge is 2.44. The van der Waals surface area contributed by atoms with E-state index in [1.165, 1.54) is 12.8 Å². The van der Waals surface area contributed by atoms with Crippen LogP contribution in [0.5, 0.6) is 0 Å². The van der Waals surface area contributed by atoms with E-state index in [4.69, 9.17) is 4.74 Å². The normalized spacial score (nSPS) is 27.2. The number of amidine groups is 1. The first-order chi connectivity index (χ1) is 8.00. The minimum Gasteiger partial charge on any atom is -0.370 e. The summed E-state index contributed by atoms with van der Waals surface area (Å²) >= 11 is 0. The van der Waals surface area contributed by atoms with Gasteiger partial charge in [-0.3, -0.25) is 9.79 Å². The molecule has 0 saturated heterocycles. The van der Waals surface area contributed by atoms with Crippen LogP contribution in [0.15, 0.2) is 4.99 Å². The fourth-order valence-electron chi connectivity index (χ4n) is 2.67. The molecule has 1 amide bonds. The van der Waals surface area contributed by atoms with Crippen molar-refractivity contribution in [1.82, 2.24) is 5.32 Å². The summed E-state index contributed by atoms with van der Waals surface area (Å²) in [7, 11) is 1.73. The lowest BCUT2D eigenvalue weighted by Gasteiger charge is -2.31. The Hall–Kier alpha value is -0.900. The van der Waals surface area contributed by atoms with Crippen LogP contribution < -0.4 is 5.32 Å². The van der Waals surface area contributed by atoms with Crippen molar-refractivity contribution in [3.05, 3.63) is 0 Å². The zero-order valence-electron chi connectivity index (χ0n) is 11.0. The Morgan fingerprint density at radius 2 is 1.76 bits per heavy atom. The number of carbonyl (C=O) groups is 1. The maximum atomic E-state index is 11.8. The molecule has 1 aliphatic heterocycles. The molecule has 0 unspecified atom stereocenters. The third-order valence-corrected chi connectivity index (χ3v) is 3.91. The van der Waals surface area contributed by atoms with E-state index < -0.39 is 5.54 Å². The molecule has 0 atom stereocenters. The third kappa shape index (κ3) is 2.23. The number of carbonyl (C=O) groups excluding carboxylic acids is 1. The summed E-state index contributed by atoms with van der Waals surface area (Å²) in [6.45, 7) is 3.69. The smallest absolute Gasteiger partial charge is 0.252 e. The van der Waals surface area contributed by atoms with Crippen LogP contribution in [-0.4, -0.2) is 30.0 Å². The summed E-state index contributed by atoms with van der Waals surface area (Å²) in [4.78, 5) is 16.4. The van der Waals surface area contributed by atoms with Crippen molar-refractivity contribution in [2.75, 3.05) is 7.11 Å². The Labute approximate surface area is 103 Å². The van der Waals surface area contributed by atoms with E-state index in [0.717, 1.165) is 31.5 Å². The first kappa shape index (κ1) is 12.6. The van der Waals surface area contributed by atoms with Gasteiger partial charge in [0.15, 0.2) is 0 Å². The lowest BCUT2D eigenvalue weighted by atomic mass is 9.92. The second-order valence-electron chi connectivity index (χ2n) is 5.59. The first-order valence-electron chi connectivity index (χ1n) is 6.47. The summed E-state index contributed by atoms with van der Waals surface area (Å²) in [5.74, 6) is 0.727. The summed E-state index contributed by atoms with van der Waals surface area (Å²) in [6.07, 6.45) is 6.69. The minimum atomic E-state index is -0.646. The number of ether oxygens (including phenoxy) is 1. The van der Waals surface area contributed by atoms with Crippen LogP contribution in [-0.2, 0) is 9.53 Å². The van der Waals surface area contributed by atoms with Crippen LogP contribution in [0.1, 0.15) is 52.4 Å². The molecule has 0 aromatic carbocycles. The quantitative estimate of drug-likeness (QED) is 0.748. The van der Waals surface area contributed by atoms with Gasteiger partial charge in [-0.05, 0) is 26.7 Å². The molecular formula is C13H22N2O2. The van der Waals surface area contributed by atoms with Gasteiger partial charge < -0.3 is 10.1 Å². The molecule has 2 aliphatic rings. The fourth-order valence-corrected chi connectivity index (χ4v) is 2.67. The summed E-state index contributed by atoms with van der Waals surface area (Å²) in [6, 6.07) is 0. The molecule has 1 aliphatic carbocycles. The molecule has 0 radical (unpaired) electrons. The van der Waals surface area contributed by atoms with Gasteiger partial charge in [-0.25, -0.2) is 0 Å². The number of aliphatic imine (C=N–C) groups is 1. The van der Waals surface area contributed by atoms with Crippen LogP contribution >= 0.6 is 0 Å². The highest BCUT2D eigenvalue weighted by Crippen LogP contribution is 2.33.